The summed E-state index contributed by atoms with van der Waals surface area (Å²) in [5.74, 6) is 1.02. The maximum atomic E-state index is 11.5. The Kier molecular flexibility index (Phi) is 3.08. The van der Waals surface area contributed by atoms with Crippen LogP contribution in [0.5, 0.6) is 0 Å². The van der Waals surface area contributed by atoms with E-state index < -0.39 is 0 Å². The second-order valence-electron chi connectivity index (χ2n) is 5.26. The van der Waals surface area contributed by atoms with E-state index in [2.05, 4.69) is 34.9 Å². The number of carbonyl (C=O) groups excluding carboxylic acids is 1. The van der Waals surface area contributed by atoms with Gasteiger partial charge in [-0.1, -0.05) is 29.8 Å². The van der Waals surface area contributed by atoms with E-state index in [1.54, 1.807) is 0 Å². The third-order valence-electron chi connectivity index (χ3n) is 3.85. The predicted octanol–water partition coefficient (Wildman–Crippen LogP) is 4.09. The lowest BCUT2D eigenvalue weighted by Gasteiger charge is -2.17. The van der Waals surface area contributed by atoms with Crippen LogP contribution in [-0.4, -0.2) is 11.7 Å². The van der Waals surface area contributed by atoms with Gasteiger partial charge in [0.25, 0.3) is 0 Å². The maximum Gasteiger partial charge on any atom is 0.228 e. The molecule has 1 atom stereocenters. The molecule has 1 unspecified atom stereocenters. The van der Waals surface area contributed by atoms with Crippen LogP contribution in [0, 0.1) is 0 Å². The van der Waals surface area contributed by atoms with Gasteiger partial charge in [-0.2, -0.15) is 0 Å². The third kappa shape index (κ3) is 2.28. The Hall–Kier alpha value is -1.65. The first kappa shape index (κ1) is 13.0. The Balaban J connectivity index is 1.64. The Morgan fingerprint density at radius 2 is 2.14 bits per heavy atom. The molecular weight excluding hydrogens is 304 g/mol. The van der Waals surface area contributed by atoms with Crippen molar-refractivity contribution in [3.63, 3.8) is 0 Å². The number of anilines is 2. The number of rotatable bonds is 2. The summed E-state index contributed by atoms with van der Waals surface area (Å²) in [4.78, 5) is 12.8. The molecule has 2 aromatic carbocycles. The summed E-state index contributed by atoms with van der Waals surface area (Å²) in [7, 11) is 0. The highest BCUT2D eigenvalue weighted by atomic mass is 35.5. The lowest BCUT2D eigenvalue weighted by molar-refractivity contribution is -0.115. The number of hydrogen-bond acceptors (Lipinski definition) is 3. The first-order valence-electron chi connectivity index (χ1n) is 6.81. The monoisotopic (exact) mass is 316 g/mol. The number of halogens is 1. The molecule has 0 bridgehead atoms. The molecule has 0 aromatic heterocycles. The van der Waals surface area contributed by atoms with Gasteiger partial charge < -0.3 is 10.6 Å². The smallest absolute Gasteiger partial charge is 0.228 e. The Bertz CT molecular complexity index is 747. The molecule has 0 radical (unpaired) electrons. The van der Waals surface area contributed by atoms with Crippen LogP contribution in [0.15, 0.2) is 41.3 Å². The van der Waals surface area contributed by atoms with Crippen LogP contribution in [0.4, 0.5) is 11.4 Å². The van der Waals surface area contributed by atoms with Gasteiger partial charge in [0.2, 0.25) is 5.91 Å². The minimum Gasteiger partial charge on any atom is -0.376 e. The van der Waals surface area contributed by atoms with Crippen LogP contribution in [-0.2, 0) is 11.2 Å². The summed E-state index contributed by atoms with van der Waals surface area (Å²) >= 11 is 8.20. The number of thioether (sulfide) groups is 1. The van der Waals surface area contributed by atoms with Crippen LogP contribution in [0.1, 0.15) is 17.2 Å². The standard InChI is InChI=1S/C16H13ClN2OS/c17-11-7-12-9(6-16(20)19-12)5-13(11)18-14-8-21-15-4-2-1-3-10(14)15/h1-5,7,14,18H,6,8H2,(H,19,20). The van der Waals surface area contributed by atoms with E-state index >= 15 is 0 Å². The highest BCUT2D eigenvalue weighted by molar-refractivity contribution is 7.99. The summed E-state index contributed by atoms with van der Waals surface area (Å²) in [5, 5.41) is 6.98. The van der Waals surface area contributed by atoms with Crippen LogP contribution < -0.4 is 10.6 Å². The van der Waals surface area contributed by atoms with E-state index in [0.29, 0.717) is 11.4 Å². The summed E-state index contributed by atoms with van der Waals surface area (Å²) < 4.78 is 0. The summed E-state index contributed by atoms with van der Waals surface area (Å²) in [5.41, 5.74) is 4.05. The van der Waals surface area contributed by atoms with Crippen molar-refractivity contribution in [3.05, 3.63) is 52.5 Å². The van der Waals surface area contributed by atoms with Crippen molar-refractivity contribution in [2.45, 2.75) is 17.4 Å². The zero-order valence-corrected chi connectivity index (χ0v) is 12.7. The van der Waals surface area contributed by atoms with Crippen LogP contribution in [0.25, 0.3) is 0 Å². The lowest BCUT2D eigenvalue weighted by atomic mass is 10.1. The van der Waals surface area contributed by atoms with Gasteiger partial charge in [-0.3, -0.25) is 4.79 Å². The van der Waals surface area contributed by atoms with Gasteiger partial charge in [0.1, 0.15) is 0 Å². The number of nitrogens with one attached hydrogen (secondary N) is 2. The molecule has 0 spiro atoms. The van der Waals surface area contributed by atoms with E-state index in [1.165, 1.54) is 10.5 Å². The van der Waals surface area contributed by atoms with E-state index in [-0.39, 0.29) is 11.9 Å². The normalized spacial score (nSPS) is 19.1. The average Bonchev–Trinajstić information content (AvgIpc) is 3.02. The molecule has 106 valence electrons. The minimum absolute atomic E-state index is 0.0278. The number of fused-ring (bicyclic) bond motifs is 2. The molecule has 2 aliphatic heterocycles. The lowest BCUT2D eigenvalue weighted by Crippen LogP contribution is -2.10. The second-order valence-corrected chi connectivity index (χ2v) is 6.73. The fraction of sp³-hybridized carbons (Fsp3) is 0.188. The molecule has 2 aromatic rings. The average molecular weight is 317 g/mol. The SMILES string of the molecule is O=C1Cc2cc(NC3CSc4ccccc43)c(Cl)cc2N1. The third-order valence-corrected chi connectivity index (χ3v) is 5.34. The van der Waals surface area contributed by atoms with Crippen molar-refractivity contribution in [2.75, 3.05) is 16.4 Å². The molecule has 2 N–H and O–H groups in total. The zero-order valence-electron chi connectivity index (χ0n) is 11.2. The highest BCUT2D eigenvalue weighted by Gasteiger charge is 2.25. The van der Waals surface area contributed by atoms with Crippen molar-refractivity contribution in [1.29, 1.82) is 0 Å². The first-order chi connectivity index (χ1) is 10.2. The second kappa shape index (κ2) is 4.97. The van der Waals surface area contributed by atoms with E-state index in [1.807, 2.05) is 23.9 Å². The quantitative estimate of drug-likeness (QED) is 0.876. The van der Waals surface area contributed by atoms with E-state index in [4.69, 9.17) is 11.6 Å². The largest absolute Gasteiger partial charge is 0.376 e. The van der Waals surface area contributed by atoms with Gasteiger partial charge in [0.05, 0.1) is 23.2 Å². The van der Waals surface area contributed by atoms with E-state index in [9.17, 15) is 4.79 Å². The molecule has 5 heteroatoms. The number of benzene rings is 2. The first-order valence-corrected chi connectivity index (χ1v) is 8.17. The Labute approximate surface area is 132 Å². The van der Waals surface area contributed by atoms with Gasteiger partial charge >= 0.3 is 0 Å². The molecule has 4 rings (SSSR count). The molecular formula is C16H13ClN2OS. The number of hydrogen-bond donors (Lipinski definition) is 2. The summed E-state index contributed by atoms with van der Waals surface area (Å²) in [6.07, 6.45) is 0.428. The van der Waals surface area contributed by atoms with Crippen LogP contribution in [0.2, 0.25) is 5.02 Å². The molecule has 0 saturated heterocycles. The predicted molar refractivity (Wildman–Crippen MR) is 87.3 cm³/mol. The number of amides is 1. The van der Waals surface area contributed by atoms with Crippen molar-refractivity contribution >= 4 is 40.6 Å². The minimum atomic E-state index is 0.0278. The van der Waals surface area contributed by atoms with E-state index in [0.717, 1.165) is 22.7 Å². The fourth-order valence-corrected chi connectivity index (χ4v) is 4.21. The van der Waals surface area contributed by atoms with Crippen molar-refractivity contribution in [3.8, 4) is 0 Å². The molecule has 0 saturated carbocycles. The van der Waals surface area contributed by atoms with Crippen LogP contribution >= 0.6 is 23.4 Å². The van der Waals surface area contributed by atoms with Gasteiger partial charge in [0.15, 0.2) is 0 Å². The molecule has 2 aliphatic rings. The van der Waals surface area contributed by atoms with Gasteiger partial charge in [-0.25, -0.2) is 0 Å². The fourth-order valence-electron chi connectivity index (χ4n) is 2.83. The van der Waals surface area contributed by atoms with Gasteiger partial charge in [-0.05, 0) is 29.3 Å². The molecule has 2 heterocycles. The Morgan fingerprint density at radius 1 is 1.29 bits per heavy atom. The maximum absolute atomic E-state index is 11.5. The highest BCUT2D eigenvalue weighted by Crippen LogP contribution is 2.41. The number of carbonyl (C=O) groups is 1. The molecule has 3 nitrogen and oxygen atoms in total. The van der Waals surface area contributed by atoms with Gasteiger partial charge in [0, 0.05) is 16.3 Å². The van der Waals surface area contributed by atoms with Crippen LogP contribution in [0.3, 0.4) is 0 Å². The zero-order chi connectivity index (χ0) is 14.4. The topological polar surface area (TPSA) is 41.1 Å². The summed E-state index contributed by atoms with van der Waals surface area (Å²) in [6, 6.07) is 12.5. The van der Waals surface area contributed by atoms with Crippen molar-refractivity contribution in [1.82, 2.24) is 0 Å². The van der Waals surface area contributed by atoms with Crippen molar-refractivity contribution < 1.29 is 4.79 Å². The molecule has 1 amide bonds. The molecule has 0 aliphatic carbocycles. The summed E-state index contributed by atoms with van der Waals surface area (Å²) in [6.45, 7) is 0. The van der Waals surface area contributed by atoms with Crippen molar-refractivity contribution in [2.24, 2.45) is 0 Å². The Morgan fingerprint density at radius 3 is 3.05 bits per heavy atom. The molecule has 0 fully saturated rings. The molecule has 21 heavy (non-hydrogen) atoms. The van der Waals surface area contributed by atoms with Gasteiger partial charge in [-0.15, -0.1) is 11.8 Å².